The lowest BCUT2D eigenvalue weighted by molar-refractivity contribution is 0.0433. The summed E-state index contributed by atoms with van der Waals surface area (Å²) >= 11 is 0. The van der Waals surface area contributed by atoms with Crippen molar-refractivity contribution in [3.63, 3.8) is 0 Å². The number of rotatable bonds is 4. The highest BCUT2D eigenvalue weighted by Gasteiger charge is 2.32. The minimum Gasteiger partial charge on any atom is -0.460 e. The van der Waals surface area contributed by atoms with Gasteiger partial charge in [0.25, 0.3) is 0 Å². The molecule has 1 unspecified atom stereocenters. The summed E-state index contributed by atoms with van der Waals surface area (Å²) < 4.78 is 29.8. The predicted molar refractivity (Wildman–Crippen MR) is 74.3 cm³/mol. The molecule has 2 rings (SSSR count). The van der Waals surface area contributed by atoms with Crippen molar-refractivity contribution in [2.45, 2.75) is 19.4 Å². The lowest BCUT2D eigenvalue weighted by Gasteiger charge is -2.21. The van der Waals surface area contributed by atoms with Crippen molar-refractivity contribution in [2.75, 3.05) is 23.8 Å². The van der Waals surface area contributed by atoms with Gasteiger partial charge in [-0.1, -0.05) is 0 Å². The lowest BCUT2D eigenvalue weighted by Crippen LogP contribution is -2.34. The number of benzene rings is 1. The molecule has 0 bridgehead atoms. The zero-order valence-electron chi connectivity index (χ0n) is 11.4. The Balaban J connectivity index is 2.31. The van der Waals surface area contributed by atoms with Gasteiger partial charge >= 0.3 is 5.97 Å². The molecule has 0 saturated heterocycles. The minimum absolute atomic E-state index is 0.0538. The van der Waals surface area contributed by atoms with Crippen molar-refractivity contribution in [3.8, 4) is 0 Å². The number of hydrogen-bond acceptors (Lipinski definition) is 5. The van der Waals surface area contributed by atoms with Crippen molar-refractivity contribution in [2.24, 2.45) is 0 Å². The van der Waals surface area contributed by atoms with Gasteiger partial charge in [0.2, 0.25) is 10.0 Å². The van der Waals surface area contributed by atoms with E-state index in [-0.39, 0.29) is 19.3 Å². The predicted octanol–water partition coefficient (Wildman–Crippen LogP) is 0.546. The van der Waals surface area contributed by atoms with Crippen molar-refractivity contribution in [1.82, 2.24) is 0 Å². The van der Waals surface area contributed by atoms with E-state index >= 15 is 0 Å². The van der Waals surface area contributed by atoms with E-state index < -0.39 is 16.0 Å². The molecule has 6 nitrogen and oxygen atoms in total. The maximum atomic E-state index is 11.8. The first kappa shape index (κ1) is 14.8. The number of carbonyl (C=O) groups is 1. The van der Waals surface area contributed by atoms with Crippen LogP contribution in [0.15, 0.2) is 18.2 Å². The van der Waals surface area contributed by atoms with Crippen LogP contribution < -0.4 is 4.31 Å². The van der Waals surface area contributed by atoms with Crippen molar-refractivity contribution >= 4 is 21.7 Å². The molecule has 0 spiro atoms. The maximum absolute atomic E-state index is 11.8. The molecule has 1 aromatic carbocycles. The van der Waals surface area contributed by atoms with Gasteiger partial charge in [0.1, 0.15) is 6.61 Å². The Bertz CT molecular complexity index is 626. The van der Waals surface area contributed by atoms with Crippen molar-refractivity contribution in [1.29, 1.82) is 0 Å². The summed E-state index contributed by atoms with van der Waals surface area (Å²) in [5.41, 5.74) is 1.78. The van der Waals surface area contributed by atoms with E-state index in [1.165, 1.54) is 16.6 Å². The van der Waals surface area contributed by atoms with Crippen LogP contribution in [-0.2, 0) is 21.2 Å². The number of nitrogens with zero attached hydrogens (tertiary/aromatic N) is 1. The molecule has 7 heteroatoms. The fourth-order valence-corrected chi connectivity index (χ4v) is 3.72. The summed E-state index contributed by atoms with van der Waals surface area (Å²) in [6, 6.07) is 4.64. The zero-order chi connectivity index (χ0) is 14.9. The first-order chi connectivity index (χ1) is 9.34. The first-order valence-electron chi connectivity index (χ1n) is 6.25. The van der Waals surface area contributed by atoms with Gasteiger partial charge in [-0.2, -0.15) is 0 Å². The summed E-state index contributed by atoms with van der Waals surface area (Å²) in [6.45, 7) is 1.54. The zero-order valence-corrected chi connectivity index (χ0v) is 12.2. The molecule has 0 radical (unpaired) electrons. The Morgan fingerprint density at radius 3 is 2.80 bits per heavy atom. The molecular formula is C13H17NO5S. The molecular weight excluding hydrogens is 282 g/mol. The number of sulfonamides is 1. The molecule has 1 heterocycles. The van der Waals surface area contributed by atoms with E-state index in [1.807, 2.05) is 6.92 Å². The lowest BCUT2D eigenvalue weighted by atomic mass is 10.1. The third-order valence-electron chi connectivity index (χ3n) is 3.15. The second-order valence-electron chi connectivity index (χ2n) is 4.81. The highest BCUT2D eigenvalue weighted by molar-refractivity contribution is 7.92. The Labute approximate surface area is 118 Å². The fraction of sp³-hybridized carbons (Fsp3) is 0.462. The Morgan fingerprint density at radius 1 is 1.50 bits per heavy atom. The molecule has 1 N–H and O–H groups in total. The van der Waals surface area contributed by atoms with Gasteiger partial charge in [0, 0.05) is 6.04 Å². The van der Waals surface area contributed by atoms with Gasteiger partial charge in [0.15, 0.2) is 0 Å². The highest BCUT2D eigenvalue weighted by Crippen LogP contribution is 2.34. The molecule has 0 aromatic heterocycles. The van der Waals surface area contributed by atoms with Crippen LogP contribution in [0.3, 0.4) is 0 Å². The second-order valence-corrected chi connectivity index (χ2v) is 6.67. The van der Waals surface area contributed by atoms with Gasteiger partial charge in [-0.15, -0.1) is 0 Å². The van der Waals surface area contributed by atoms with Gasteiger partial charge in [-0.05, 0) is 37.1 Å². The average molecular weight is 299 g/mol. The number of esters is 1. The second kappa shape index (κ2) is 5.41. The molecule has 1 atom stereocenters. The van der Waals surface area contributed by atoms with E-state index in [1.54, 1.807) is 12.1 Å². The van der Waals surface area contributed by atoms with Crippen LogP contribution in [0.25, 0.3) is 0 Å². The van der Waals surface area contributed by atoms with Crippen molar-refractivity contribution < 1.29 is 23.1 Å². The van der Waals surface area contributed by atoms with E-state index in [9.17, 15) is 13.2 Å². The van der Waals surface area contributed by atoms with Crippen LogP contribution in [0.1, 0.15) is 22.8 Å². The molecule has 0 saturated carbocycles. The van der Waals surface area contributed by atoms with Crippen LogP contribution in [0.2, 0.25) is 0 Å². The van der Waals surface area contributed by atoms with E-state index in [0.29, 0.717) is 17.7 Å². The van der Waals surface area contributed by atoms with Gasteiger partial charge in [-0.3, -0.25) is 4.31 Å². The minimum atomic E-state index is -3.33. The topological polar surface area (TPSA) is 83.9 Å². The van der Waals surface area contributed by atoms with Gasteiger partial charge < -0.3 is 9.84 Å². The van der Waals surface area contributed by atoms with Crippen LogP contribution in [0, 0.1) is 0 Å². The number of aliphatic hydroxyl groups excluding tert-OH is 1. The normalized spacial score (nSPS) is 17.9. The fourth-order valence-electron chi connectivity index (χ4n) is 2.46. The molecule has 1 aliphatic heterocycles. The number of carbonyl (C=O) groups excluding carboxylic acids is 1. The van der Waals surface area contributed by atoms with Gasteiger partial charge in [0.05, 0.1) is 24.1 Å². The third-order valence-corrected chi connectivity index (χ3v) is 4.42. The smallest absolute Gasteiger partial charge is 0.338 e. The quantitative estimate of drug-likeness (QED) is 0.821. The van der Waals surface area contributed by atoms with Crippen molar-refractivity contribution in [3.05, 3.63) is 29.3 Å². The number of ether oxygens (including phenoxy) is 1. The number of anilines is 1. The molecule has 0 fully saturated rings. The van der Waals surface area contributed by atoms with Crippen LogP contribution in [0.5, 0.6) is 0 Å². The SMILES string of the molecule is CC1Cc2cc(C(=O)OCCO)ccc2N1S(C)(=O)=O. The largest absolute Gasteiger partial charge is 0.460 e. The van der Waals surface area contributed by atoms with Crippen LogP contribution >= 0.6 is 0 Å². The molecule has 0 aliphatic carbocycles. The van der Waals surface area contributed by atoms with Gasteiger partial charge in [-0.25, -0.2) is 13.2 Å². The number of aliphatic hydroxyl groups is 1. The Hall–Kier alpha value is -1.60. The standard InChI is InChI=1S/C13H17NO5S/c1-9-7-11-8-10(13(16)19-6-5-15)3-4-12(11)14(9)20(2,17)18/h3-4,8-9,15H,5-7H2,1-2H3. The molecule has 0 amide bonds. The number of hydrogen-bond donors (Lipinski definition) is 1. The Morgan fingerprint density at radius 2 is 2.20 bits per heavy atom. The summed E-state index contributed by atoms with van der Waals surface area (Å²) in [6.07, 6.45) is 1.73. The summed E-state index contributed by atoms with van der Waals surface area (Å²) in [5, 5.41) is 8.63. The number of fused-ring (bicyclic) bond motifs is 1. The maximum Gasteiger partial charge on any atom is 0.338 e. The van der Waals surface area contributed by atoms with Crippen LogP contribution in [-0.4, -0.2) is 45.0 Å². The molecule has 110 valence electrons. The summed E-state index contributed by atoms with van der Waals surface area (Å²) in [4.78, 5) is 11.7. The summed E-state index contributed by atoms with van der Waals surface area (Å²) in [5.74, 6) is -0.521. The molecule has 1 aromatic rings. The summed E-state index contributed by atoms with van der Waals surface area (Å²) in [7, 11) is -3.33. The van der Waals surface area contributed by atoms with Crippen LogP contribution in [0.4, 0.5) is 5.69 Å². The first-order valence-corrected chi connectivity index (χ1v) is 8.09. The molecule has 1 aliphatic rings. The van der Waals surface area contributed by atoms with E-state index in [2.05, 4.69) is 0 Å². The van der Waals surface area contributed by atoms with E-state index in [4.69, 9.17) is 9.84 Å². The third kappa shape index (κ3) is 2.78. The average Bonchev–Trinajstić information content (AvgIpc) is 2.70. The highest BCUT2D eigenvalue weighted by atomic mass is 32.2. The molecule has 20 heavy (non-hydrogen) atoms. The van der Waals surface area contributed by atoms with E-state index in [0.717, 1.165) is 5.56 Å². The monoisotopic (exact) mass is 299 g/mol. The Kier molecular flexibility index (Phi) is 4.01.